The lowest BCUT2D eigenvalue weighted by Crippen LogP contribution is -2.23. The van der Waals surface area contributed by atoms with Gasteiger partial charge in [0.2, 0.25) is 0 Å². The molecule has 2 aromatic heterocycles. The number of hydrogen-bond acceptors (Lipinski definition) is 5. The number of halogens is 1. The van der Waals surface area contributed by atoms with E-state index < -0.39 is 0 Å². The lowest BCUT2D eigenvalue weighted by Gasteiger charge is -2.21. The summed E-state index contributed by atoms with van der Waals surface area (Å²) in [6, 6.07) is 2.17. The molecule has 1 N–H and O–H groups in total. The maximum absolute atomic E-state index is 13.5. The summed E-state index contributed by atoms with van der Waals surface area (Å²) in [4.78, 5) is 11.8. The summed E-state index contributed by atoms with van der Waals surface area (Å²) in [5.74, 6) is 0.547. The Morgan fingerprint density at radius 3 is 2.90 bits per heavy atom. The van der Waals surface area contributed by atoms with Crippen LogP contribution >= 0.6 is 11.3 Å². The van der Waals surface area contributed by atoms with Crippen molar-refractivity contribution < 1.29 is 4.39 Å². The molecule has 21 heavy (non-hydrogen) atoms. The van der Waals surface area contributed by atoms with Crippen LogP contribution in [0.1, 0.15) is 29.0 Å². The van der Waals surface area contributed by atoms with E-state index in [0.29, 0.717) is 12.6 Å². The van der Waals surface area contributed by atoms with E-state index in [0.717, 1.165) is 23.6 Å². The van der Waals surface area contributed by atoms with Gasteiger partial charge < -0.3 is 10.2 Å². The fraction of sp³-hybridized carbons (Fsp3) is 0.467. The van der Waals surface area contributed by atoms with Crippen molar-refractivity contribution in [3.8, 4) is 0 Å². The molecule has 0 saturated heterocycles. The predicted octanol–water partition coefficient (Wildman–Crippen LogP) is 2.87. The molecule has 0 radical (unpaired) electrons. The molecule has 2 aromatic rings. The Kier molecular flexibility index (Phi) is 4.17. The van der Waals surface area contributed by atoms with Crippen molar-refractivity contribution in [2.24, 2.45) is 0 Å². The van der Waals surface area contributed by atoms with Gasteiger partial charge in [-0.3, -0.25) is 0 Å². The third-order valence-corrected chi connectivity index (χ3v) is 4.58. The van der Waals surface area contributed by atoms with Gasteiger partial charge in [0, 0.05) is 30.1 Å². The summed E-state index contributed by atoms with van der Waals surface area (Å²) in [5.41, 5.74) is 3.81. The minimum absolute atomic E-state index is 0.284. The average molecular weight is 306 g/mol. The molecule has 0 unspecified atom stereocenters. The van der Waals surface area contributed by atoms with Gasteiger partial charge in [0.25, 0.3) is 0 Å². The highest BCUT2D eigenvalue weighted by molar-refractivity contribution is 7.09. The Hall–Kier alpha value is -1.53. The summed E-state index contributed by atoms with van der Waals surface area (Å²) in [6.45, 7) is 3.41. The van der Waals surface area contributed by atoms with E-state index in [1.165, 1.54) is 23.9 Å². The summed E-state index contributed by atoms with van der Waals surface area (Å²) in [7, 11) is 1.99. The smallest absolute Gasteiger partial charge is 0.141 e. The Bertz CT molecular complexity index is 624. The number of pyridine rings is 1. The first-order valence-corrected chi connectivity index (χ1v) is 7.99. The van der Waals surface area contributed by atoms with Gasteiger partial charge in [-0.05, 0) is 25.8 Å². The third-order valence-electron chi connectivity index (χ3n) is 3.66. The monoisotopic (exact) mass is 306 g/mol. The van der Waals surface area contributed by atoms with Crippen molar-refractivity contribution in [1.29, 1.82) is 0 Å². The zero-order valence-corrected chi connectivity index (χ0v) is 13.1. The zero-order valence-electron chi connectivity index (χ0n) is 12.3. The van der Waals surface area contributed by atoms with Crippen LogP contribution in [0, 0.1) is 12.7 Å². The van der Waals surface area contributed by atoms with Crippen molar-refractivity contribution in [3.05, 3.63) is 39.7 Å². The molecule has 0 aromatic carbocycles. The predicted molar refractivity (Wildman–Crippen MR) is 83.0 cm³/mol. The highest BCUT2D eigenvalue weighted by Crippen LogP contribution is 2.24. The Labute approximate surface area is 128 Å². The van der Waals surface area contributed by atoms with Crippen molar-refractivity contribution >= 4 is 17.2 Å². The second kappa shape index (κ2) is 6.07. The zero-order chi connectivity index (χ0) is 14.8. The van der Waals surface area contributed by atoms with Crippen LogP contribution in [0.15, 0.2) is 17.8 Å². The number of anilines is 1. The highest BCUT2D eigenvalue weighted by atomic mass is 32.1. The van der Waals surface area contributed by atoms with E-state index in [1.54, 1.807) is 17.4 Å². The summed E-state index contributed by atoms with van der Waals surface area (Å²) >= 11 is 1.64. The van der Waals surface area contributed by atoms with Crippen LogP contribution in [-0.4, -0.2) is 23.1 Å². The number of rotatable bonds is 6. The first-order chi connectivity index (χ1) is 10.1. The Morgan fingerprint density at radius 2 is 2.24 bits per heavy atom. The molecule has 112 valence electrons. The number of hydrogen-bond donors (Lipinski definition) is 1. The van der Waals surface area contributed by atoms with Crippen molar-refractivity contribution in [2.45, 2.75) is 38.9 Å². The molecule has 1 aliphatic rings. The molecule has 1 saturated carbocycles. The van der Waals surface area contributed by atoms with Crippen LogP contribution in [0.2, 0.25) is 0 Å². The molecule has 0 aliphatic heterocycles. The molecule has 1 aliphatic carbocycles. The molecular formula is C15H19FN4S. The second-order valence-electron chi connectivity index (χ2n) is 5.51. The van der Waals surface area contributed by atoms with Crippen LogP contribution in [0.3, 0.4) is 0 Å². The van der Waals surface area contributed by atoms with Crippen LogP contribution in [-0.2, 0) is 13.1 Å². The van der Waals surface area contributed by atoms with E-state index in [9.17, 15) is 4.39 Å². The summed E-state index contributed by atoms with van der Waals surface area (Å²) < 4.78 is 13.5. The van der Waals surface area contributed by atoms with Gasteiger partial charge in [-0.25, -0.2) is 14.4 Å². The lowest BCUT2D eigenvalue weighted by molar-refractivity contribution is 0.611. The first-order valence-electron chi connectivity index (χ1n) is 7.11. The van der Waals surface area contributed by atoms with E-state index in [-0.39, 0.29) is 5.82 Å². The molecule has 0 spiro atoms. The quantitative estimate of drug-likeness (QED) is 0.891. The van der Waals surface area contributed by atoms with Gasteiger partial charge in [-0.1, -0.05) is 0 Å². The number of thiazole rings is 1. The minimum atomic E-state index is -0.284. The van der Waals surface area contributed by atoms with Gasteiger partial charge in [0.05, 0.1) is 23.9 Å². The summed E-state index contributed by atoms with van der Waals surface area (Å²) in [6.07, 6.45) is 3.72. The maximum Gasteiger partial charge on any atom is 0.141 e. The van der Waals surface area contributed by atoms with E-state index in [4.69, 9.17) is 0 Å². The average Bonchev–Trinajstić information content (AvgIpc) is 3.20. The van der Waals surface area contributed by atoms with Gasteiger partial charge in [0.1, 0.15) is 11.6 Å². The van der Waals surface area contributed by atoms with Crippen LogP contribution in [0.5, 0.6) is 0 Å². The maximum atomic E-state index is 13.5. The number of nitrogens with zero attached hydrogens (tertiary/aromatic N) is 3. The fourth-order valence-electron chi connectivity index (χ4n) is 2.26. The molecule has 0 amide bonds. The van der Waals surface area contributed by atoms with Crippen LogP contribution in [0.25, 0.3) is 0 Å². The van der Waals surface area contributed by atoms with Crippen LogP contribution in [0.4, 0.5) is 10.2 Å². The third kappa shape index (κ3) is 3.57. The topological polar surface area (TPSA) is 41.1 Å². The van der Waals surface area contributed by atoms with Gasteiger partial charge in [0.15, 0.2) is 0 Å². The van der Waals surface area contributed by atoms with Gasteiger partial charge in [-0.2, -0.15) is 0 Å². The van der Waals surface area contributed by atoms with Crippen molar-refractivity contribution in [3.63, 3.8) is 0 Å². The first kappa shape index (κ1) is 14.4. The van der Waals surface area contributed by atoms with Crippen LogP contribution < -0.4 is 10.2 Å². The largest absolute Gasteiger partial charge is 0.354 e. The van der Waals surface area contributed by atoms with Gasteiger partial charge in [-0.15, -0.1) is 11.3 Å². The fourth-order valence-corrected chi connectivity index (χ4v) is 3.09. The Balaban J connectivity index is 1.77. The van der Waals surface area contributed by atoms with E-state index in [1.807, 2.05) is 19.5 Å². The molecule has 4 nitrogen and oxygen atoms in total. The molecule has 3 rings (SSSR count). The second-order valence-corrected chi connectivity index (χ2v) is 6.45. The summed E-state index contributed by atoms with van der Waals surface area (Å²) in [5, 5.41) is 3.42. The minimum Gasteiger partial charge on any atom is -0.354 e. The van der Waals surface area contributed by atoms with Gasteiger partial charge >= 0.3 is 0 Å². The highest BCUT2D eigenvalue weighted by Gasteiger charge is 2.21. The van der Waals surface area contributed by atoms with Crippen molar-refractivity contribution in [1.82, 2.24) is 15.3 Å². The van der Waals surface area contributed by atoms with E-state index >= 15 is 0 Å². The molecule has 2 heterocycles. The number of nitrogens with one attached hydrogen (secondary N) is 1. The number of aryl methyl sites for hydroxylation is 1. The normalized spacial score (nSPS) is 14.4. The molecule has 0 atom stereocenters. The Morgan fingerprint density at radius 1 is 1.43 bits per heavy atom. The molecule has 0 bridgehead atoms. The van der Waals surface area contributed by atoms with Crippen molar-refractivity contribution in [2.75, 3.05) is 11.9 Å². The lowest BCUT2D eigenvalue weighted by atomic mass is 10.2. The number of aromatic nitrogens is 2. The standard InChI is InChI=1S/C15H19FN4S/c1-10-14(21-9-19-10)8-20(2)15-11(5-12(16)7-18-15)6-17-13-3-4-13/h5,7,9,13,17H,3-4,6,8H2,1-2H3. The molecule has 1 fully saturated rings. The SMILES string of the molecule is Cc1ncsc1CN(C)c1ncc(F)cc1CNC1CC1. The molecule has 6 heteroatoms. The molecular weight excluding hydrogens is 287 g/mol. The van der Waals surface area contributed by atoms with E-state index in [2.05, 4.69) is 20.2 Å².